The lowest BCUT2D eigenvalue weighted by Gasteiger charge is -2.09. The smallest absolute Gasteiger partial charge is 0.113 e. The van der Waals surface area contributed by atoms with Crippen LogP contribution in [0.3, 0.4) is 0 Å². The predicted octanol–water partition coefficient (Wildman–Crippen LogP) is 1.55. The van der Waals surface area contributed by atoms with E-state index < -0.39 is 6.67 Å². The topological polar surface area (TPSA) is 102 Å². The standard InChI is InChI=1S/C25H51FO11/c1-25(2)37-24-23-36-22-21-35-20-19-34-18-17-33-16-15-32-14-13-31-12-11-30-10-9-29-8-7-28-6-5-27-4-3-26/h25H,3-24H2,1-2H3. The first kappa shape index (κ1) is 36.5. The normalized spacial score (nSPS) is 11.7. The highest BCUT2D eigenvalue weighted by molar-refractivity contribution is 4.39. The fraction of sp³-hybridized carbons (Fsp3) is 1.00. The first-order chi connectivity index (χ1) is 18.3. The second-order valence-electron chi connectivity index (χ2n) is 7.73. The third-order valence-corrected chi connectivity index (χ3v) is 4.25. The molecule has 0 aliphatic carbocycles. The van der Waals surface area contributed by atoms with E-state index in [0.717, 1.165) is 0 Å². The summed E-state index contributed by atoms with van der Waals surface area (Å²) in [5.41, 5.74) is 0. The van der Waals surface area contributed by atoms with Crippen molar-refractivity contribution in [2.45, 2.75) is 20.0 Å². The fourth-order valence-electron chi connectivity index (χ4n) is 2.48. The van der Waals surface area contributed by atoms with E-state index in [2.05, 4.69) is 0 Å². The zero-order chi connectivity index (χ0) is 26.9. The summed E-state index contributed by atoms with van der Waals surface area (Å²) in [5.74, 6) is 0. The minimum absolute atomic E-state index is 0.116. The number of ether oxygens (including phenoxy) is 11. The number of alkyl halides is 1. The van der Waals surface area contributed by atoms with E-state index in [1.165, 1.54) is 0 Å². The van der Waals surface area contributed by atoms with E-state index in [-0.39, 0.29) is 12.7 Å². The van der Waals surface area contributed by atoms with Gasteiger partial charge in [-0.1, -0.05) is 0 Å². The van der Waals surface area contributed by atoms with Crippen LogP contribution in [-0.2, 0) is 52.1 Å². The molecule has 0 aliphatic heterocycles. The van der Waals surface area contributed by atoms with Crippen molar-refractivity contribution in [1.82, 2.24) is 0 Å². The summed E-state index contributed by atoms with van der Waals surface area (Å²) >= 11 is 0. The van der Waals surface area contributed by atoms with Crippen LogP contribution in [0.2, 0.25) is 0 Å². The van der Waals surface area contributed by atoms with Crippen LogP contribution in [0.4, 0.5) is 4.39 Å². The molecule has 0 unspecified atom stereocenters. The quantitative estimate of drug-likeness (QED) is 0.112. The van der Waals surface area contributed by atoms with Gasteiger partial charge in [-0.05, 0) is 13.8 Å². The van der Waals surface area contributed by atoms with Crippen LogP contribution >= 0.6 is 0 Å². The molecular weight excluding hydrogens is 495 g/mol. The van der Waals surface area contributed by atoms with Gasteiger partial charge in [0.05, 0.1) is 145 Å². The summed E-state index contributed by atoms with van der Waals surface area (Å²) in [5, 5.41) is 0. The van der Waals surface area contributed by atoms with Crippen molar-refractivity contribution >= 4 is 0 Å². The molecule has 0 N–H and O–H groups in total. The molecule has 0 radical (unpaired) electrons. The summed E-state index contributed by atoms with van der Waals surface area (Å²) in [7, 11) is 0. The van der Waals surface area contributed by atoms with Crippen molar-refractivity contribution in [2.75, 3.05) is 145 Å². The second-order valence-corrected chi connectivity index (χ2v) is 7.73. The summed E-state index contributed by atoms with van der Waals surface area (Å²) in [6.07, 6.45) is 0.231. The Labute approximate surface area is 222 Å². The zero-order valence-corrected chi connectivity index (χ0v) is 23.0. The average Bonchev–Trinajstić information content (AvgIpc) is 2.89. The Morgan fingerprint density at radius 2 is 0.514 bits per heavy atom. The van der Waals surface area contributed by atoms with Crippen LogP contribution < -0.4 is 0 Å². The van der Waals surface area contributed by atoms with E-state index in [0.29, 0.717) is 132 Å². The Morgan fingerprint density at radius 3 is 0.703 bits per heavy atom. The van der Waals surface area contributed by atoms with Gasteiger partial charge in [0.1, 0.15) is 6.67 Å². The molecule has 0 fully saturated rings. The Hall–Kier alpha value is -0.510. The average molecular weight is 547 g/mol. The summed E-state index contributed by atoms with van der Waals surface area (Å²) < 4.78 is 70.7. The van der Waals surface area contributed by atoms with E-state index in [9.17, 15) is 4.39 Å². The van der Waals surface area contributed by atoms with Crippen LogP contribution in [0, 0.1) is 0 Å². The molecule has 0 amide bonds. The molecule has 0 saturated heterocycles. The highest BCUT2D eigenvalue weighted by Gasteiger charge is 1.96. The van der Waals surface area contributed by atoms with Gasteiger partial charge in [0, 0.05) is 0 Å². The van der Waals surface area contributed by atoms with Gasteiger partial charge < -0.3 is 52.1 Å². The van der Waals surface area contributed by atoms with Crippen molar-refractivity contribution in [3.8, 4) is 0 Å². The molecule has 0 rings (SSSR count). The van der Waals surface area contributed by atoms with Crippen molar-refractivity contribution in [3.63, 3.8) is 0 Å². The molecule has 11 nitrogen and oxygen atoms in total. The zero-order valence-electron chi connectivity index (χ0n) is 23.0. The van der Waals surface area contributed by atoms with Crippen molar-refractivity contribution in [2.24, 2.45) is 0 Å². The van der Waals surface area contributed by atoms with Gasteiger partial charge in [-0.15, -0.1) is 0 Å². The van der Waals surface area contributed by atoms with Crippen LogP contribution in [0.15, 0.2) is 0 Å². The second kappa shape index (κ2) is 33.5. The van der Waals surface area contributed by atoms with Gasteiger partial charge in [0.2, 0.25) is 0 Å². The maximum absolute atomic E-state index is 11.8. The summed E-state index contributed by atoms with van der Waals surface area (Å²) in [6, 6.07) is 0. The third kappa shape index (κ3) is 35.5. The van der Waals surface area contributed by atoms with Crippen LogP contribution in [0.25, 0.3) is 0 Å². The Morgan fingerprint density at radius 1 is 0.324 bits per heavy atom. The maximum atomic E-state index is 11.8. The van der Waals surface area contributed by atoms with Crippen LogP contribution in [-0.4, -0.2) is 152 Å². The number of halogens is 1. The van der Waals surface area contributed by atoms with Gasteiger partial charge in [0.25, 0.3) is 0 Å². The molecule has 37 heavy (non-hydrogen) atoms. The molecule has 224 valence electrons. The SMILES string of the molecule is CC(C)OCCOCCOCCOCCOCCOCCOCCOCCOCCOCCOCCF. The van der Waals surface area contributed by atoms with Crippen molar-refractivity contribution in [1.29, 1.82) is 0 Å². The monoisotopic (exact) mass is 546 g/mol. The summed E-state index contributed by atoms with van der Waals surface area (Å²) in [6.45, 7) is 13.9. The number of rotatable bonds is 33. The Kier molecular flexibility index (Phi) is 33.1. The van der Waals surface area contributed by atoms with E-state index >= 15 is 0 Å². The molecule has 0 aromatic rings. The largest absolute Gasteiger partial charge is 0.377 e. The third-order valence-electron chi connectivity index (χ3n) is 4.25. The fourth-order valence-corrected chi connectivity index (χ4v) is 2.48. The van der Waals surface area contributed by atoms with Gasteiger partial charge >= 0.3 is 0 Å². The molecule has 0 heterocycles. The van der Waals surface area contributed by atoms with Gasteiger partial charge in [-0.3, -0.25) is 0 Å². The molecule has 0 aromatic heterocycles. The van der Waals surface area contributed by atoms with Crippen molar-refractivity contribution < 1.29 is 56.5 Å². The minimum Gasteiger partial charge on any atom is -0.377 e. The molecule has 0 bridgehead atoms. The maximum Gasteiger partial charge on any atom is 0.113 e. The first-order valence-electron chi connectivity index (χ1n) is 13.2. The van der Waals surface area contributed by atoms with E-state index in [4.69, 9.17) is 52.1 Å². The lowest BCUT2D eigenvalue weighted by atomic mass is 10.5. The van der Waals surface area contributed by atoms with E-state index in [1.807, 2.05) is 13.8 Å². The molecule has 0 aromatic carbocycles. The Bertz CT molecular complexity index is 409. The van der Waals surface area contributed by atoms with Crippen LogP contribution in [0.1, 0.15) is 13.8 Å². The number of hydrogen-bond acceptors (Lipinski definition) is 11. The lowest BCUT2D eigenvalue weighted by Crippen LogP contribution is -2.15. The molecule has 0 spiro atoms. The Balaban J connectivity index is 3.01. The minimum atomic E-state index is -0.472. The molecular formula is C25H51FO11. The van der Waals surface area contributed by atoms with Gasteiger partial charge in [-0.25, -0.2) is 4.39 Å². The molecule has 0 aliphatic rings. The highest BCUT2D eigenvalue weighted by atomic mass is 19.1. The van der Waals surface area contributed by atoms with E-state index in [1.54, 1.807) is 0 Å². The summed E-state index contributed by atoms with van der Waals surface area (Å²) in [4.78, 5) is 0. The molecule has 0 saturated carbocycles. The van der Waals surface area contributed by atoms with Gasteiger partial charge in [-0.2, -0.15) is 0 Å². The first-order valence-corrected chi connectivity index (χ1v) is 13.2. The highest BCUT2D eigenvalue weighted by Crippen LogP contribution is 1.89. The molecule has 12 heteroatoms. The molecule has 0 atom stereocenters. The lowest BCUT2D eigenvalue weighted by molar-refractivity contribution is -0.0287. The number of hydrogen-bond donors (Lipinski definition) is 0. The van der Waals surface area contributed by atoms with Gasteiger partial charge in [0.15, 0.2) is 0 Å². The predicted molar refractivity (Wildman–Crippen MR) is 135 cm³/mol. The van der Waals surface area contributed by atoms with Crippen LogP contribution in [0.5, 0.6) is 0 Å². The van der Waals surface area contributed by atoms with Crippen molar-refractivity contribution in [3.05, 3.63) is 0 Å².